The van der Waals surface area contributed by atoms with Gasteiger partial charge >= 0.3 is 0 Å². The molecule has 0 unspecified atom stereocenters. The van der Waals surface area contributed by atoms with E-state index in [9.17, 15) is 8.42 Å². The van der Waals surface area contributed by atoms with Gasteiger partial charge in [0.15, 0.2) is 0 Å². The zero-order chi connectivity index (χ0) is 14.0. The summed E-state index contributed by atoms with van der Waals surface area (Å²) in [6.07, 6.45) is 0. The lowest BCUT2D eigenvalue weighted by atomic mass is 10.1. The minimum Gasteiger partial charge on any atom is -0.207 e. The highest BCUT2D eigenvalue weighted by Gasteiger charge is 2.26. The summed E-state index contributed by atoms with van der Waals surface area (Å²) >= 11 is 0. The molecule has 0 spiro atoms. The summed E-state index contributed by atoms with van der Waals surface area (Å²) in [4.78, 5) is 0.390. The lowest BCUT2D eigenvalue weighted by Crippen LogP contribution is -2.36. The van der Waals surface area contributed by atoms with Crippen molar-refractivity contribution in [2.75, 3.05) is 6.54 Å². The predicted molar refractivity (Wildman–Crippen MR) is 78.6 cm³/mol. The number of hydrogen-bond donors (Lipinski definition) is 0. The maximum Gasteiger partial charge on any atom is 0.243 e. The standard InChI is InChI=1S/C15H19NO2S/c1-4-16(12(2)3)19(17,18)15-11-7-9-13-8-5-6-10-14(13)15/h5-12H,4H2,1-3H3. The van der Waals surface area contributed by atoms with Crippen molar-refractivity contribution in [1.29, 1.82) is 0 Å². The lowest BCUT2D eigenvalue weighted by Gasteiger charge is -2.25. The van der Waals surface area contributed by atoms with Gasteiger partial charge in [0.2, 0.25) is 10.0 Å². The zero-order valence-electron chi connectivity index (χ0n) is 11.5. The highest BCUT2D eigenvalue weighted by molar-refractivity contribution is 7.89. The molecule has 0 aliphatic heterocycles. The van der Waals surface area contributed by atoms with Crippen LogP contribution in [0.25, 0.3) is 10.8 Å². The number of nitrogens with zero attached hydrogens (tertiary/aromatic N) is 1. The van der Waals surface area contributed by atoms with Gasteiger partial charge in [-0.1, -0.05) is 43.3 Å². The second-order valence-electron chi connectivity index (χ2n) is 4.78. The molecule has 19 heavy (non-hydrogen) atoms. The topological polar surface area (TPSA) is 37.4 Å². The molecule has 0 atom stereocenters. The molecule has 0 fully saturated rings. The molecule has 0 heterocycles. The van der Waals surface area contributed by atoms with Gasteiger partial charge in [-0.05, 0) is 25.3 Å². The zero-order valence-corrected chi connectivity index (χ0v) is 12.3. The first kappa shape index (κ1) is 14.0. The first-order valence-corrected chi connectivity index (χ1v) is 7.92. The Balaban J connectivity index is 2.67. The predicted octanol–water partition coefficient (Wildman–Crippen LogP) is 3.26. The number of fused-ring (bicyclic) bond motifs is 1. The van der Waals surface area contributed by atoms with Crippen LogP contribution in [0.4, 0.5) is 0 Å². The van der Waals surface area contributed by atoms with Crippen LogP contribution in [0.2, 0.25) is 0 Å². The highest BCUT2D eigenvalue weighted by atomic mass is 32.2. The maximum absolute atomic E-state index is 12.7. The van der Waals surface area contributed by atoms with Crippen molar-refractivity contribution >= 4 is 20.8 Å². The normalized spacial score (nSPS) is 12.5. The maximum atomic E-state index is 12.7. The molecule has 102 valence electrons. The number of benzene rings is 2. The Bertz CT molecular complexity index is 672. The van der Waals surface area contributed by atoms with E-state index in [0.29, 0.717) is 11.4 Å². The summed E-state index contributed by atoms with van der Waals surface area (Å²) in [5, 5.41) is 1.73. The van der Waals surface area contributed by atoms with E-state index in [1.54, 1.807) is 12.1 Å². The second-order valence-corrected chi connectivity index (χ2v) is 6.64. The molecule has 0 aliphatic rings. The minimum atomic E-state index is -3.44. The van der Waals surface area contributed by atoms with Crippen LogP contribution in [0.3, 0.4) is 0 Å². The Kier molecular flexibility index (Phi) is 3.92. The van der Waals surface area contributed by atoms with Gasteiger partial charge in [-0.25, -0.2) is 8.42 Å². The van der Waals surface area contributed by atoms with Gasteiger partial charge in [-0.15, -0.1) is 0 Å². The molecule has 0 saturated heterocycles. The lowest BCUT2D eigenvalue weighted by molar-refractivity contribution is 0.369. The Morgan fingerprint density at radius 1 is 1.05 bits per heavy atom. The third kappa shape index (κ3) is 2.51. The largest absolute Gasteiger partial charge is 0.243 e. The molecule has 0 N–H and O–H groups in total. The summed E-state index contributed by atoms with van der Waals surface area (Å²) < 4.78 is 27.0. The van der Waals surface area contributed by atoms with E-state index >= 15 is 0 Å². The highest BCUT2D eigenvalue weighted by Crippen LogP contribution is 2.26. The molecular weight excluding hydrogens is 258 g/mol. The van der Waals surface area contributed by atoms with Gasteiger partial charge in [-0.2, -0.15) is 4.31 Å². The van der Waals surface area contributed by atoms with Gasteiger partial charge < -0.3 is 0 Å². The molecule has 0 aromatic heterocycles. The fraction of sp³-hybridized carbons (Fsp3) is 0.333. The third-order valence-corrected chi connectivity index (χ3v) is 5.43. The Morgan fingerprint density at radius 2 is 1.68 bits per heavy atom. The molecule has 2 rings (SSSR count). The molecule has 0 saturated carbocycles. The Labute approximate surface area is 114 Å². The number of hydrogen-bond acceptors (Lipinski definition) is 2. The molecule has 0 bridgehead atoms. The first-order valence-electron chi connectivity index (χ1n) is 6.48. The fourth-order valence-corrected chi connectivity index (χ4v) is 4.22. The summed E-state index contributed by atoms with van der Waals surface area (Å²) in [5.74, 6) is 0. The third-order valence-electron chi connectivity index (χ3n) is 3.22. The van der Waals surface area contributed by atoms with E-state index < -0.39 is 10.0 Å². The monoisotopic (exact) mass is 277 g/mol. The van der Waals surface area contributed by atoms with Crippen LogP contribution in [-0.2, 0) is 10.0 Å². The van der Waals surface area contributed by atoms with Crippen molar-refractivity contribution in [3.8, 4) is 0 Å². The molecule has 2 aromatic rings. The van der Waals surface area contributed by atoms with Gasteiger partial charge in [0, 0.05) is 18.0 Å². The van der Waals surface area contributed by atoms with Gasteiger partial charge in [0.05, 0.1) is 4.90 Å². The molecular formula is C15H19NO2S. The summed E-state index contributed by atoms with van der Waals surface area (Å²) in [7, 11) is -3.44. The smallest absolute Gasteiger partial charge is 0.207 e. The van der Waals surface area contributed by atoms with Crippen LogP contribution in [0.1, 0.15) is 20.8 Å². The molecule has 3 nitrogen and oxygen atoms in total. The van der Waals surface area contributed by atoms with Crippen molar-refractivity contribution in [3.05, 3.63) is 42.5 Å². The van der Waals surface area contributed by atoms with Crippen molar-refractivity contribution < 1.29 is 8.42 Å². The van der Waals surface area contributed by atoms with Crippen molar-refractivity contribution in [3.63, 3.8) is 0 Å². The number of rotatable bonds is 4. The van der Waals surface area contributed by atoms with E-state index in [2.05, 4.69) is 0 Å². The SMILES string of the molecule is CCN(C(C)C)S(=O)(=O)c1cccc2ccccc12. The second kappa shape index (κ2) is 5.31. The summed E-state index contributed by atoms with van der Waals surface area (Å²) in [6.45, 7) is 6.13. The van der Waals surface area contributed by atoms with E-state index in [1.807, 2.05) is 51.1 Å². The van der Waals surface area contributed by atoms with Crippen LogP contribution in [0.5, 0.6) is 0 Å². The number of sulfonamides is 1. The molecule has 4 heteroatoms. The molecule has 2 aromatic carbocycles. The van der Waals surface area contributed by atoms with E-state index in [-0.39, 0.29) is 6.04 Å². The Hall–Kier alpha value is -1.39. The van der Waals surface area contributed by atoms with Crippen LogP contribution >= 0.6 is 0 Å². The van der Waals surface area contributed by atoms with E-state index in [0.717, 1.165) is 10.8 Å². The average molecular weight is 277 g/mol. The van der Waals surface area contributed by atoms with Gasteiger partial charge in [-0.3, -0.25) is 0 Å². The fourth-order valence-electron chi connectivity index (χ4n) is 2.36. The van der Waals surface area contributed by atoms with E-state index in [4.69, 9.17) is 0 Å². The van der Waals surface area contributed by atoms with Crippen LogP contribution in [-0.4, -0.2) is 25.3 Å². The van der Waals surface area contributed by atoms with Gasteiger partial charge in [0.25, 0.3) is 0 Å². The van der Waals surface area contributed by atoms with Crippen molar-refractivity contribution in [2.24, 2.45) is 0 Å². The van der Waals surface area contributed by atoms with Crippen molar-refractivity contribution in [1.82, 2.24) is 4.31 Å². The molecule has 0 radical (unpaired) electrons. The molecule has 0 aliphatic carbocycles. The van der Waals surface area contributed by atoms with Crippen LogP contribution < -0.4 is 0 Å². The first-order chi connectivity index (χ1) is 8.98. The minimum absolute atomic E-state index is 0.0473. The van der Waals surface area contributed by atoms with Gasteiger partial charge in [0.1, 0.15) is 0 Å². The Morgan fingerprint density at radius 3 is 2.32 bits per heavy atom. The van der Waals surface area contributed by atoms with Crippen LogP contribution in [0, 0.1) is 0 Å². The van der Waals surface area contributed by atoms with Crippen LogP contribution in [0.15, 0.2) is 47.4 Å². The average Bonchev–Trinajstić information content (AvgIpc) is 2.38. The summed E-state index contributed by atoms with van der Waals surface area (Å²) in [5.41, 5.74) is 0. The van der Waals surface area contributed by atoms with E-state index in [1.165, 1.54) is 4.31 Å². The summed E-state index contributed by atoms with van der Waals surface area (Å²) in [6, 6.07) is 12.9. The van der Waals surface area contributed by atoms with Crippen molar-refractivity contribution in [2.45, 2.75) is 31.7 Å². The molecule has 0 amide bonds. The quantitative estimate of drug-likeness (QED) is 0.860.